The molecule has 0 saturated carbocycles. The van der Waals surface area contributed by atoms with Crippen molar-refractivity contribution in [3.05, 3.63) is 74.6 Å². The van der Waals surface area contributed by atoms with Gasteiger partial charge in [0.25, 0.3) is 5.91 Å². The average Bonchev–Trinajstić information content (AvgIpc) is 3.42. The molecule has 2 aromatic carbocycles. The van der Waals surface area contributed by atoms with E-state index < -0.39 is 11.9 Å². The Labute approximate surface area is 193 Å². The first kappa shape index (κ1) is 21.1. The van der Waals surface area contributed by atoms with E-state index in [2.05, 4.69) is 10.2 Å². The summed E-state index contributed by atoms with van der Waals surface area (Å²) in [5.41, 5.74) is 1.07. The number of anilines is 1. The maximum atomic E-state index is 13.6. The van der Waals surface area contributed by atoms with Crippen LogP contribution in [0.5, 0.6) is 11.5 Å². The normalized spacial score (nSPS) is 15.2. The van der Waals surface area contributed by atoms with Crippen LogP contribution in [0, 0.1) is 0 Å². The van der Waals surface area contributed by atoms with Crippen molar-refractivity contribution in [2.24, 2.45) is 0 Å². The number of benzene rings is 2. The van der Waals surface area contributed by atoms with Crippen molar-refractivity contribution in [1.82, 2.24) is 10.2 Å². The van der Waals surface area contributed by atoms with E-state index in [1.807, 2.05) is 19.9 Å². The van der Waals surface area contributed by atoms with Crippen molar-refractivity contribution in [2.75, 3.05) is 18.6 Å². The number of hydrogen-bond donors (Lipinski definition) is 0. The molecule has 5 rings (SSSR count). The Morgan fingerprint density at radius 3 is 2.64 bits per heavy atom. The zero-order valence-electron chi connectivity index (χ0n) is 18.3. The van der Waals surface area contributed by atoms with Crippen molar-refractivity contribution in [3.63, 3.8) is 0 Å². The van der Waals surface area contributed by atoms with Crippen LogP contribution in [0.1, 0.15) is 46.6 Å². The average molecular weight is 464 g/mol. The van der Waals surface area contributed by atoms with Crippen LogP contribution in [0.25, 0.3) is 11.0 Å². The molecule has 0 aliphatic carbocycles. The molecule has 0 saturated heterocycles. The van der Waals surface area contributed by atoms with E-state index in [0.717, 1.165) is 5.01 Å². The molecular formula is C24H21N3O5S. The molecule has 1 aliphatic rings. The summed E-state index contributed by atoms with van der Waals surface area (Å²) in [6, 6.07) is 11.6. The fraction of sp³-hybridized carbons (Fsp3) is 0.250. The SMILES string of the molecule is CCOc1ccc(C2c3c(oc4ccccc4c3=O)C(=O)N2c2nnc(CC)s2)cc1OC. The summed E-state index contributed by atoms with van der Waals surface area (Å²) in [5, 5.41) is 10.0. The maximum absolute atomic E-state index is 13.6. The molecule has 1 amide bonds. The van der Waals surface area contributed by atoms with Crippen molar-refractivity contribution < 1.29 is 18.7 Å². The monoisotopic (exact) mass is 463 g/mol. The number of carbonyl (C=O) groups excluding carboxylic acids is 1. The van der Waals surface area contributed by atoms with Gasteiger partial charge in [-0.25, -0.2) is 0 Å². The van der Waals surface area contributed by atoms with Gasteiger partial charge in [-0.2, -0.15) is 0 Å². The molecule has 4 aromatic rings. The lowest BCUT2D eigenvalue weighted by Gasteiger charge is -2.23. The lowest BCUT2D eigenvalue weighted by atomic mass is 9.98. The summed E-state index contributed by atoms with van der Waals surface area (Å²) in [6.07, 6.45) is 0.690. The van der Waals surface area contributed by atoms with E-state index in [4.69, 9.17) is 13.9 Å². The number of hydrogen-bond acceptors (Lipinski definition) is 8. The summed E-state index contributed by atoms with van der Waals surface area (Å²) in [6.45, 7) is 4.34. The fourth-order valence-corrected chi connectivity index (χ4v) is 4.85. The molecule has 1 aliphatic heterocycles. The van der Waals surface area contributed by atoms with Gasteiger partial charge < -0.3 is 13.9 Å². The van der Waals surface area contributed by atoms with E-state index in [1.54, 1.807) is 43.5 Å². The number of aromatic nitrogens is 2. The molecule has 0 radical (unpaired) electrons. The van der Waals surface area contributed by atoms with Gasteiger partial charge in [0.1, 0.15) is 10.6 Å². The third-order valence-corrected chi connectivity index (χ3v) is 6.61. The minimum Gasteiger partial charge on any atom is -0.493 e. The zero-order chi connectivity index (χ0) is 23.1. The van der Waals surface area contributed by atoms with Gasteiger partial charge in [0.15, 0.2) is 16.9 Å². The molecule has 0 fully saturated rings. The highest BCUT2D eigenvalue weighted by atomic mass is 32.1. The lowest BCUT2D eigenvalue weighted by molar-refractivity contribution is 0.0970. The number of fused-ring (bicyclic) bond motifs is 2. The van der Waals surface area contributed by atoms with Crippen LogP contribution in [0.3, 0.4) is 0 Å². The van der Waals surface area contributed by atoms with Crippen molar-refractivity contribution in [3.8, 4) is 11.5 Å². The molecule has 168 valence electrons. The number of ether oxygens (including phenoxy) is 2. The Balaban J connectivity index is 1.76. The zero-order valence-corrected chi connectivity index (χ0v) is 19.1. The first-order valence-electron chi connectivity index (χ1n) is 10.6. The predicted molar refractivity (Wildman–Crippen MR) is 125 cm³/mol. The van der Waals surface area contributed by atoms with Crippen LogP contribution in [-0.2, 0) is 6.42 Å². The third-order valence-electron chi connectivity index (χ3n) is 5.55. The highest BCUT2D eigenvalue weighted by Gasteiger charge is 2.45. The second-order valence-electron chi connectivity index (χ2n) is 7.42. The summed E-state index contributed by atoms with van der Waals surface area (Å²) in [5.74, 6) is 0.677. The van der Waals surface area contributed by atoms with Gasteiger partial charge >= 0.3 is 0 Å². The largest absolute Gasteiger partial charge is 0.493 e. The second kappa shape index (κ2) is 8.32. The summed E-state index contributed by atoms with van der Waals surface area (Å²) in [7, 11) is 1.55. The van der Waals surface area contributed by atoms with Crippen LogP contribution in [0.4, 0.5) is 5.13 Å². The van der Waals surface area contributed by atoms with Crippen LogP contribution in [0.2, 0.25) is 0 Å². The minimum atomic E-state index is -0.740. The molecule has 0 bridgehead atoms. The molecular weight excluding hydrogens is 442 g/mol. The minimum absolute atomic E-state index is 0.0183. The maximum Gasteiger partial charge on any atom is 0.297 e. The predicted octanol–water partition coefficient (Wildman–Crippen LogP) is 4.36. The summed E-state index contributed by atoms with van der Waals surface area (Å²) >= 11 is 1.32. The van der Waals surface area contributed by atoms with E-state index in [-0.39, 0.29) is 16.8 Å². The first-order valence-corrected chi connectivity index (χ1v) is 11.4. The Morgan fingerprint density at radius 2 is 1.91 bits per heavy atom. The molecule has 0 N–H and O–H groups in total. The van der Waals surface area contributed by atoms with Crippen molar-refractivity contribution in [2.45, 2.75) is 26.3 Å². The Hall–Kier alpha value is -3.72. The third kappa shape index (κ3) is 3.36. The number of amides is 1. The number of methoxy groups -OCH3 is 1. The van der Waals surface area contributed by atoms with E-state index in [1.165, 1.54) is 16.2 Å². The highest BCUT2D eigenvalue weighted by molar-refractivity contribution is 7.15. The Kier molecular flexibility index (Phi) is 5.33. The molecule has 9 heteroatoms. The molecule has 8 nitrogen and oxygen atoms in total. The Morgan fingerprint density at radius 1 is 1.09 bits per heavy atom. The number of nitrogens with zero attached hydrogens (tertiary/aromatic N) is 3. The molecule has 3 heterocycles. The highest BCUT2D eigenvalue weighted by Crippen LogP contribution is 2.44. The fourth-order valence-electron chi connectivity index (χ4n) is 4.05. The standard InChI is InChI=1S/C24H21N3O5S/c1-4-18-25-26-24(33-18)27-20(13-10-11-16(31-5-2)17(12-13)30-3)19-21(28)14-8-6-7-9-15(14)32-22(19)23(27)29/h6-12,20H,4-5H2,1-3H3. The van der Waals surface area contributed by atoms with Crippen LogP contribution in [-0.4, -0.2) is 29.8 Å². The summed E-state index contributed by atoms with van der Waals surface area (Å²) in [4.78, 5) is 28.6. The van der Waals surface area contributed by atoms with E-state index >= 15 is 0 Å². The smallest absolute Gasteiger partial charge is 0.297 e. The molecule has 2 aromatic heterocycles. The number of aryl methyl sites for hydroxylation is 1. The second-order valence-corrected chi connectivity index (χ2v) is 8.46. The van der Waals surface area contributed by atoms with Gasteiger partial charge in [0.05, 0.1) is 30.7 Å². The first-order chi connectivity index (χ1) is 16.1. The van der Waals surface area contributed by atoms with Gasteiger partial charge in [-0.3, -0.25) is 14.5 Å². The van der Waals surface area contributed by atoms with E-state index in [9.17, 15) is 9.59 Å². The molecule has 1 unspecified atom stereocenters. The number of para-hydroxylation sites is 1. The van der Waals surface area contributed by atoms with Gasteiger partial charge in [0, 0.05) is 0 Å². The van der Waals surface area contributed by atoms with Gasteiger partial charge in [-0.15, -0.1) is 10.2 Å². The quantitative estimate of drug-likeness (QED) is 0.419. The van der Waals surface area contributed by atoms with Gasteiger partial charge in [-0.05, 0) is 43.2 Å². The molecule has 33 heavy (non-hydrogen) atoms. The van der Waals surface area contributed by atoms with Crippen LogP contribution >= 0.6 is 11.3 Å². The van der Waals surface area contributed by atoms with Gasteiger partial charge in [0.2, 0.25) is 10.9 Å². The van der Waals surface area contributed by atoms with Crippen molar-refractivity contribution in [1.29, 1.82) is 0 Å². The van der Waals surface area contributed by atoms with Crippen molar-refractivity contribution >= 4 is 33.3 Å². The number of carbonyl (C=O) groups is 1. The number of rotatable bonds is 6. The molecule has 0 spiro atoms. The van der Waals surface area contributed by atoms with Crippen LogP contribution < -0.4 is 19.8 Å². The topological polar surface area (TPSA) is 94.8 Å². The summed E-state index contributed by atoms with van der Waals surface area (Å²) < 4.78 is 17.1. The molecule has 1 atom stereocenters. The van der Waals surface area contributed by atoms with Crippen LogP contribution in [0.15, 0.2) is 51.7 Å². The van der Waals surface area contributed by atoms with E-state index in [0.29, 0.717) is 46.2 Å². The van der Waals surface area contributed by atoms with Gasteiger partial charge in [-0.1, -0.05) is 36.5 Å². The Bertz CT molecular complexity index is 1430. The lowest BCUT2D eigenvalue weighted by Crippen LogP contribution is -2.29.